The topological polar surface area (TPSA) is 23.1 Å². The van der Waals surface area contributed by atoms with Crippen molar-refractivity contribution in [2.45, 2.75) is 0 Å². The molecule has 0 aromatic carbocycles. The number of hydrogen-bond donors (Lipinski definition) is 0. The smallest absolute Gasteiger partial charge is 0.959 e. The zero-order valence-electron chi connectivity index (χ0n) is 3.27. The van der Waals surface area contributed by atoms with Crippen molar-refractivity contribution in [2.75, 3.05) is 0 Å². The SMILES string of the molecule is [CH2-]C=C[O-].[Li+]. The van der Waals surface area contributed by atoms with Crippen LogP contribution in [0.4, 0.5) is 0 Å². The average Bonchev–Trinajstić information content (AvgIpc) is 1.37. The van der Waals surface area contributed by atoms with Crippen LogP contribution in [-0.4, -0.2) is 0 Å². The Bertz CT molecular complexity index is 22.1. The predicted molar refractivity (Wildman–Crippen MR) is 14.5 cm³/mol. The Morgan fingerprint density at radius 3 is 1.80 bits per heavy atom. The Morgan fingerprint density at radius 1 is 1.60 bits per heavy atom. The number of hydrogen-bond acceptors (Lipinski definition) is 1. The van der Waals surface area contributed by atoms with Crippen LogP contribution < -0.4 is 24.0 Å². The summed E-state index contributed by atoms with van der Waals surface area (Å²) in [6, 6.07) is 0. The maximum Gasteiger partial charge on any atom is 1.00 e. The van der Waals surface area contributed by atoms with Gasteiger partial charge in [0.15, 0.2) is 0 Å². The van der Waals surface area contributed by atoms with Crippen LogP contribution in [0, 0.1) is 6.92 Å². The molecule has 0 aliphatic heterocycles. The van der Waals surface area contributed by atoms with Crippen molar-refractivity contribution in [1.29, 1.82) is 0 Å². The van der Waals surface area contributed by atoms with Crippen LogP contribution in [0.25, 0.3) is 0 Å². The summed E-state index contributed by atoms with van der Waals surface area (Å²) in [6.45, 7) is 3.11. The fraction of sp³-hybridized carbons (Fsp3) is 0. The molecule has 2 heteroatoms. The van der Waals surface area contributed by atoms with Crippen LogP contribution in [0.15, 0.2) is 12.3 Å². The molecule has 0 radical (unpaired) electrons. The molecule has 0 fully saturated rings. The Hall–Kier alpha value is 0.00740. The minimum absolute atomic E-state index is 0. The van der Waals surface area contributed by atoms with Crippen LogP contribution in [0.2, 0.25) is 0 Å². The van der Waals surface area contributed by atoms with E-state index in [1.165, 1.54) is 6.08 Å². The largest absolute Gasteiger partial charge is 1.00 e. The molecule has 1 nitrogen and oxygen atoms in total. The van der Waals surface area contributed by atoms with Gasteiger partial charge in [0.1, 0.15) is 0 Å². The quantitative estimate of drug-likeness (QED) is 0.164. The summed E-state index contributed by atoms with van der Waals surface area (Å²) in [7, 11) is 0. The van der Waals surface area contributed by atoms with Crippen LogP contribution in [-0.2, 0) is 0 Å². The van der Waals surface area contributed by atoms with E-state index in [0.29, 0.717) is 6.26 Å². The monoisotopic (exact) mass is 63.0 g/mol. The van der Waals surface area contributed by atoms with Gasteiger partial charge in [-0.15, -0.1) is 0 Å². The van der Waals surface area contributed by atoms with Gasteiger partial charge in [-0.3, -0.25) is 6.08 Å². The number of allylic oxidation sites excluding steroid dienone is 1. The summed E-state index contributed by atoms with van der Waals surface area (Å²) in [4.78, 5) is 0. The van der Waals surface area contributed by atoms with Crippen molar-refractivity contribution in [1.82, 2.24) is 0 Å². The van der Waals surface area contributed by atoms with Gasteiger partial charge in [0, 0.05) is 0 Å². The first kappa shape index (κ1) is 8.89. The molecule has 0 rings (SSSR count). The first-order valence-corrected chi connectivity index (χ1v) is 0.977. The van der Waals surface area contributed by atoms with Gasteiger partial charge in [-0.05, 0) is 0 Å². The van der Waals surface area contributed by atoms with E-state index in [1.54, 1.807) is 0 Å². The molecular weight excluding hydrogens is 59.0 g/mol. The second-order valence-corrected chi connectivity index (χ2v) is 0.372. The molecule has 0 N–H and O–H groups in total. The van der Waals surface area contributed by atoms with Gasteiger partial charge < -0.3 is 11.4 Å². The second-order valence-electron chi connectivity index (χ2n) is 0.372. The van der Waals surface area contributed by atoms with Crippen LogP contribution in [0.1, 0.15) is 0 Å². The molecule has 0 aliphatic rings. The van der Waals surface area contributed by atoms with E-state index in [4.69, 9.17) is 5.11 Å². The first-order chi connectivity index (χ1) is 1.91. The van der Waals surface area contributed by atoms with E-state index in [2.05, 4.69) is 6.92 Å². The van der Waals surface area contributed by atoms with Gasteiger partial charge in [0.05, 0.1) is 0 Å². The summed E-state index contributed by atoms with van der Waals surface area (Å²) in [5.41, 5.74) is 0. The zero-order valence-corrected chi connectivity index (χ0v) is 3.27. The van der Waals surface area contributed by atoms with Crippen molar-refractivity contribution in [2.24, 2.45) is 0 Å². The minimum Gasteiger partial charge on any atom is -0.959 e. The van der Waals surface area contributed by atoms with Gasteiger partial charge >= 0.3 is 18.9 Å². The van der Waals surface area contributed by atoms with E-state index in [1.807, 2.05) is 0 Å². The Morgan fingerprint density at radius 2 is 1.80 bits per heavy atom. The summed E-state index contributed by atoms with van der Waals surface area (Å²) in [5.74, 6) is 0. The Labute approximate surface area is 43.9 Å². The van der Waals surface area contributed by atoms with Gasteiger partial charge in [-0.1, -0.05) is 0 Å². The standard InChI is InChI=1S/C3H5O.Li/c1-2-3-4;/h2-4H,1H2;/q-1;+1/p-1. The molecule has 0 heterocycles. The van der Waals surface area contributed by atoms with E-state index in [9.17, 15) is 0 Å². The van der Waals surface area contributed by atoms with E-state index in [0.717, 1.165) is 0 Å². The number of rotatable bonds is 0. The molecular formula is C3H4LiO-. The summed E-state index contributed by atoms with van der Waals surface area (Å²) in [5, 5.41) is 9.06. The fourth-order valence-corrected chi connectivity index (χ4v) is 0. The normalized spacial score (nSPS) is 7.20. The summed E-state index contributed by atoms with van der Waals surface area (Å²) in [6.07, 6.45) is 1.83. The molecule has 0 amide bonds. The molecule has 0 atom stereocenters. The molecule has 0 bridgehead atoms. The average molecular weight is 63.0 g/mol. The minimum atomic E-state index is 0. The third-order valence-electron chi connectivity index (χ3n) is 0.0962. The van der Waals surface area contributed by atoms with E-state index < -0.39 is 0 Å². The van der Waals surface area contributed by atoms with Crippen LogP contribution in [0.5, 0.6) is 0 Å². The molecule has 0 aromatic heterocycles. The molecule has 0 aliphatic carbocycles. The first-order valence-electron chi connectivity index (χ1n) is 0.977. The Kier molecular flexibility index (Phi) is 16.0. The van der Waals surface area contributed by atoms with E-state index in [-0.39, 0.29) is 18.9 Å². The molecule has 0 saturated carbocycles. The van der Waals surface area contributed by atoms with Crippen LogP contribution in [0.3, 0.4) is 0 Å². The fourth-order valence-electron chi connectivity index (χ4n) is 0. The third kappa shape index (κ3) is 15.9. The molecule has 0 spiro atoms. The van der Waals surface area contributed by atoms with Gasteiger partial charge in [-0.25, -0.2) is 6.92 Å². The summed E-state index contributed by atoms with van der Waals surface area (Å²) >= 11 is 0. The Balaban J connectivity index is 0. The van der Waals surface area contributed by atoms with E-state index >= 15 is 0 Å². The second kappa shape index (κ2) is 8.99. The molecule has 5 heavy (non-hydrogen) atoms. The zero-order chi connectivity index (χ0) is 3.41. The van der Waals surface area contributed by atoms with Crippen molar-refractivity contribution in [3.8, 4) is 0 Å². The molecule has 0 saturated heterocycles. The van der Waals surface area contributed by atoms with Gasteiger partial charge in [0.25, 0.3) is 0 Å². The van der Waals surface area contributed by atoms with Gasteiger partial charge in [0.2, 0.25) is 0 Å². The van der Waals surface area contributed by atoms with Crippen molar-refractivity contribution < 1.29 is 24.0 Å². The van der Waals surface area contributed by atoms with Gasteiger partial charge in [-0.2, -0.15) is 0 Å². The predicted octanol–water partition coefficient (Wildman–Crippen LogP) is -3.30. The summed E-state index contributed by atoms with van der Waals surface area (Å²) < 4.78 is 0. The molecule has 0 unspecified atom stereocenters. The molecule has 0 aromatic rings. The third-order valence-corrected chi connectivity index (χ3v) is 0.0962. The molecule has 24 valence electrons. The van der Waals surface area contributed by atoms with Crippen LogP contribution >= 0.6 is 0 Å². The maximum absolute atomic E-state index is 9.06. The van der Waals surface area contributed by atoms with Crippen molar-refractivity contribution in [3.63, 3.8) is 0 Å². The van der Waals surface area contributed by atoms with Crippen molar-refractivity contribution >= 4 is 0 Å². The van der Waals surface area contributed by atoms with Crippen molar-refractivity contribution in [3.05, 3.63) is 19.3 Å². The maximum atomic E-state index is 9.06.